The lowest BCUT2D eigenvalue weighted by Gasteiger charge is -2.19. The molecule has 3 aromatic rings. The summed E-state index contributed by atoms with van der Waals surface area (Å²) in [5, 5.41) is 15.4. The summed E-state index contributed by atoms with van der Waals surface area (Å²) in [6, 6.07) is 13.5. The molecule has 0 aliphatic heterocycles. The average Bonchev–Trinajstić information content (AvgIpc) is 3.43. The Kier molecular flexibility index (Phi) is 6.39. The second kappa shape index (κ2) is 9.14. The lowest BCUT2D eigenvalue weighted by Crippen LogP contribution is -2.28. The van der Waals surface area contributed by atoms with E-state index in [1.807, 2.05) is 6.07 Å². The molecule has 0 saturated heterocycles. The number of benzene rings is 1. The van der Waals surface area contributed by atoms with Crippen molar-refractivity contribution in [3.63, 3.8) is 0 Å². The molecular weight excluding hydrogens is 410 g/mol. The van der Waals surface area contributed by atoms with Crippen LogP contribution in [0.5, 0.6) is 0 Å². The number of esters is 1. The summed E-state index contributed by atoms with van der Waals surface area (Å²) in [5.74, 6) is -1.54. The maximum atomic E-state index is 12.6. The standard InChI is InChI=1S/C20H15N3O4S2/c1-23(19(25)16-7-4-9-28-16)15-6-3-2-5-14(15)20(26)27-12-17(24)22-18-13(11-21)8-10-29-18/h2-10H,12H2,1H3,(H,22,24). The zero-order valence-electron chi connectivity index (χ0n) is 15.2. The molecule has 0 radical (unpaired) electrons. The van der Waals surface area contributed by atoms with E-state index in [4.69, 9.17) is 10.00 Å². The zero-order chi connectivity index (χ0) is 20.8. The van der Waals surface area contributed by atoms with Gasteiger partial charge in [-0.1, -0.05) is 18.2 Å². The number of hydrogen-bond acceptors (Lipinski definition) is 7. The molecule has 2 aromatic heterocycles. The van der Waals surface area contributed by atoms with Gasteiger partial charge in [-0.15, -0.1) is 22.7 Å². The Morgan fingerprint density at radius 1 is 1.10 bits per heavy atom. The Hall–Kier alpha value is -3.48. The van der Waals surface area contributed by atoms with E-state index >= 15 is 0 Å². The average molecular weight is 425 g/mol. The predicted octanol–water partition coefficient (Wildman–Crippen LogP) is 3.75. The Balaban J connectivity index is 1.68. The fourth-order valence-corrected chi connectivity index (χ4v) is 3.93. The fraction of sp³-hybridized carbons (Fsp3) is 0.100. The predicted molar refractivity (Wildman–Crippen MR) is 111 cm³/mol. The number of amides is 2. The Labute approximate surface area is 174 Å². The van der Waals surface area contributed by atoms with Crippen LogP contribution in [0.4, 0.5) is 10.7 Å². The van der Waals surface area contributed by atoms with E-state index in [-0.39, 0.29) is 11.5 Å². The van der Waals surface area contributed by atoms with Crippen LogP contribution in [-0.4, -0.2) is 31.4 Å². The van der Waals surface area contributed by atoms with Crippen LogP contribution >= 0.6 is 22.7 Å². The molecule has 1 N–H and O–H groups in total. The van der Waals surface area contributed by atoms with Crippen LogP contribution in [0.15, 0.2) is 53.2 Å². The first-order valence-corrected chi connectivity index (χ1v) is 10.1. The molecule has 29 heavy (non-hydrogen) atoms. The van der Waals surface area contributed by atoms with E-state index in [1.54, 1.807) is 54.2 Å². The van der Waals surface area contributed by atoms with Crippen LogP contribution in [0.1, 0.15) is 25.6 Å². The quantitative estimate of drug-likeness (QED) is 0.606. The first-order chi connectivity index (χ1) is 14.0. The smallest absolute Gasteiger partial charge is 0.340 e. The van der Waals surface area contributed by atoms with E-state index in [9.17, 15) is 14.4 Å². The summed E-state index contributed by atoms with van der Waals surface area (Å²) >= 11 is 2.51. The number of nitrogens with one attached hydrogen (secondary N) is 1. The highest BCUT2D eigenvalue weighted by Gasteiger charge is 2.21. The molecule has 7 nitrogen and oxygen atoms in total. The van der Waals surface area contributed by atoms with Crippen molar-refractivity contribution in [3.05, 3.63) is 69.2 Å². The number of nitriles is 1. The van der Waals surface area contributed by atoms with Crippen molar-refractivity contribution in [3.8, 4) is 6.07 Å². The van der Waals surface area contributed by atoms with Crippen molar-refractivity contribution in [2.45, 2.75) is 0 Å². The van der Waals surface area contributed by atoms with Crippen molar-refractivity contribution in [1.82, 2.24) is 0 Å². The van der Waals surface area contributed by atoms with Crippen LogP contribution in [0, 0.1) is 11.3 Å². The number of hydrogen-bond donors (Lipinski definition) is 1. The molecule has 0 unspecified atom stereocenters. The summed E-state index contributed by atoms with van der Waals surface area (Å²) in [7, 11) is 1.57. The third-order valence-corrected chi connectivity index (χ3v) is 5.58. The number of para-hydroxylation sites is 1. The van der Waals surface area contributed by atoms with E-state index in [0.29, 0.717) is 21.1 Å². The van der Waals surface area contributed by atoms with Gasteiger partial charge in [0.25, 0.3) is 11.8 Å². The Bertz CT molecular complexity index is 1080. The molecule has 146 valence electrons. The van der Waals surface area contributed by atoms with Crippen LogP contribution in [0.3, 0.4) is 0 Å². The highest BCUT2D eigenvalue weighted by atomic mass is 32.1. The van der Waals surface area contributed by atoms with Gasteiger partial charge in [0.1, 0.15) is 11.1 Å². The van der Waals surface area contributed by atoms with Crippen molar-refractivity contribution in [1.29, 1.82) is 5.26 Å². The molecule has 3 rings (SSSR count). The summed E-state index contributed by atoms with van der Waals surface area (Å²) in [6.07, 6.45) is 0. The van der Waals surface area contributed by atoms with Crippen LogP contribution in [-0.2, 0) is 9.53 Å². The Morgan fingerprint density at radius 2 is 1.90 bits per heavy atom. The van der Waals surface area contributed by atoms with Crippen molar-refractivity contribution in [2.24, 2.45) is 0 Å². The van der Waals surface area contributed by atoms with Crippen molar-refractivity contribution >= 4 is 51.1 Å². The first-order valence-electron chi connectivity index (χ1n) is 8.36. The molecular formula is C20H15N3O4S2. The van der Waals surface area contributed by atoms with Crippen LogP contribution in [0.2, 0.25) is 0 Å². The number of thiophene rings is 2. The number of nitrogens with zero attached hydrogens (tertiary/aromatic N) is 2. The van der Waals surface area contributed by atoms with Gasteiger partial charge in [-0.05, 0) is 35.0 Å². The summed E-state index contributed by atoms with van der Waals surface area (Å²) in [4.78, 5) is 39.1. The molecule has 0 saturated carbocycles. The van der Waals surface area contributed by atoms with Crippen LogP contribution < -0.4 is 10.2 Å². The molecule has 0 fully saturated rings. The summed E-state index contributed by atoms with van der Waals surface area (Å²) < 4.78 is 5.11. The van der Waals surface area contributed by atoms with Gasteiger partial charge in [0.2, 0.25) is 0 Å². The zero-order valence-corrected chi connectivity index (χ0v) is 16.9. The molecule has 0 aliphatic rings. The minimum absolute atomic E-state index is 0.168. The lowest BCUT2D eigenvalue weighted by atomic mass is 10.1. The number of rotatable bonds is 6. The first kappa shape index (κ1) is 20.3. The molecule has 0 spiro atoms. The van der Waals surface area contributed by atoms with Crippen molar-refractivity contribution < 1.29 is 19.1 Å². The normalized spacial score (nSPS) is 10.1. The molecule has 9 heteroatoms. The maximum absolute atomic E-state index is 12.6. The largest absolute Gasteiger partial charge is 0.452 e. The molecule has 0 bridgehead atoms. The number of carbonyl (C=O) groups is 3. The van der Waals surface area contributed by atoms with Gasteiger partial charge in [-0.2, -0.15) is 5.26 Å². The monoisotopic (exact) mass is 425 g/mol. The molecule has 2 amide bonds. The van der Waals surface area contributed by atoms with Gasteiger partial charge in [-0.3, -0.25) is 9.59 Å². The minimum Gasteiger partial charge on any atom is -0.452 e. The minimum atomic E-state index is -0.728. The number of ether oxygens (including phenoxy) is 1. The van der Waals surface area contributed by atoms with E-state index < -0.39 is 18.5 Å². The van der Waals surface area contributed by atoms with Gasteiger partial charge in [-0.25, -0.2) is 4.79 Å². The topological polar surface area (TPSA) is 99.5 Å². The van der Waals surface area contributed by atoms with Gasteiger partial charge in [0, 0.05) is 7.05 Å². The lowest BCUT2D eigenvalue weighted by molar-refractivity contribution is -0.119. The highest BCUT2D eigenvalue weighted by Crippen LogP contribution is 2.24. The van der Waals surface area contributed by atoms with Gasteiger partial charge >= 0.3 is 5.97 Å². The second-order valence-corrected chi connectivity index (χ2v) is 7.62. The molecule has 0 aliphatic carbocycles. The molecule has 2 heterocycles. The van der Waals surface area contributed by atoms with Gasteiger partial charge < -0.3 is 15.0 Å². The van der Waals surface area contributed by atoms with E-state index in [0.717, 1.165) is 0 Å². The van der Waals surface area contributed by atoms with Gasteiger partial charge in [0.15, 0.2) is 6.61 Å². The van der Waals surface area contributed by atoms with E-state index in [2.05, 4.69) is 5.32 Å². The Morgan fingerprint density at radius 3 is 2.62 bits per heavy atom. The SMILES string of the molecule is CN(C(=O)c1cccs1)c1ccccc1C(=O)OCC(=O)Nc1sccc1C#N. The fourth-order valence-electron chi connectivity index (χ4n) is 2.48. The third-order valence-electron chi connectivity index (χ3n) is 3.89. The van der Waals surface area contributed by atoms with Crippen molar-refractivity contribution in [2.75, 3.05) is 23.9 Å². The summed E-state index contributed by atoms with van der Waals surface area (Å²) in [5.41, 5.74) is 0.886. The van der Waals surface area contributed by atoms with Gasteiger partial charge in [0.05, 0.1) is 21.7 Å². The summed E-state index contributed by atoms with van der Waals surface area (Å²) in [6.45, 7) is -0.515. The second-order valence-electron chi connectivity index (χ2n) is 5.76. The molecule has 0 atom stereocenters. The maximum Gasteiger partial charge on any atom is 0.340 e. The molecule has 1 aromatic carbocycles. The van der Waals surface area contributed by atoms with Crippen LogP contribution in [0.25, 0.3) is 0 Å². The number of anilines is 2. The number of carbonyl (C=O) groups excluding carboxylic acids is 3. The van der Waals surface area contributed by atoms with E-state index in [1.165, 1.54) is 33.6 Å². The highest BCUT2D eigenvalue weighted by molar-refractivity contribution is 7.14. The third kappa shape index (κ3) is 4.68.